The van der Waals surface area contributed by atoms with Gasteiger partial charge in [-0.25, -0.2) is 0 Å². The summed E-state index contributed by atoms with van der Waals surface area (Å²) < 4.78 is 26.2. The number of ether oxygens (including phenoxy) is 5. The summed E-state index contributed by atoms with van der Waals surface area (Å²) in [5, 5.41) is 2.56. The average molecular weight is 361 g/mol. The molecule has 0 spiro atoms. The molecule has 0 aromatic rings. The van der Waals surface area contributed by atoms with Gasteiger partial charge in [-0.15, -0.1) is 0 Å². The van der Waals surface area contributed by atoms with E-state index in [0.717, 1.165) is 0 Å². The summed E-state index contributed by atoms with van der Waals surface area (Å²) in [6, 6.07) is -0.927. The van der Waals surface area contributed by atoms with Crippen molar-refractivity contribution in [3.63, 3.8) is 0 Å². The van der Waals surface area contributed by atoms with Gasteiger partial charge in [-0.1, -0.05) is 0 Å². The molecule has 0 bridgehead atoms. The normalized spacial score (nSPS) is 28.6. The van der Waals surface area contributed by atoms with Gasteiger partial charge >= 0.3 is 17.9 Å². The average Bonchev–Trinajstić information content (AvgIpc) is 2.48. The Bertz CT molecular complexity index is 521. The lowest BCUT2D eigenvalue weighted by Gasteiger charge is -2.44. The first-order valence-electron chi connectivity index (χ1n) is 7.58. The third kappa shape index (κ3) is 6.31. The quantitative estimate of drug-likeness (QED) is 0.482. The summed E-state index contributed by atoms with van der Waals surface area (Å²) in [6.07, 6.45) is -4.17. The third-order valence-corrected chi connectivity index (χ3v) is 3.30. The minimum Gasteiger partial charge on any atom is -0.463 e. The monoisotopic (exact) mass is 361 g/mol. The van der Waals surface area contributed by atoms with Gasteiger partial charge in [0, 0.05) is 34.8 Å². The van der Waals surface area contributed by atoms with Gasteiger partial charge in [-0.05, 0) is 0 Å². The van der Waals surface area contributed by atoms with Crippen molar-refractivity contribution in [1.29, 1.82) is 0 Å². The number of amides is 1. The fraction of sp³-hybridized carbons (Fsp3) is 0.733. The van der Waals surface area contributed by atoms with Crippen molar-refractivity contribution in [2.24, 2.45) is 0 Å². The molecule has 0 unspecified atom stereocenters. The maximum Gasteiger partial charge on any atom is 0.303 e. The van der Waals surface area contributed by atoms with Crippen LogP contribution in [-0.2, 0) is 42.9 Å². The SMILES string of the molecule is CO[C@@H]1O[C@H](COC(C)=O)[C@@H](OC(C)=O)[C@@H](OC(C)=O)[C@@H]1NC(C)=O. The predicted octanol–water partition coefficient (Wildman–Crippen LogP) is -0.711. The first-order chi connectivity index (χ1) is 11.6. The topological polar surface area (TPSA) is 126 Å². The second kappa shape index (κ2) is 9.33. The van der Waals surface area contributed by atoms with E-state index in [0.29, 0.717) is 0 Å². The van der Waals surface area contributed by atoms with Crippen LogP contribution in [0.25, 0.3) is 0 Å². The lowest BCUT2D eigenvalue weighted by atomic mass is 9.96. The second-order valence-corrected chi connectivity index (χ2v) is 5.46. The Labute approximate surface area is 145 Å². The Morgan fingerprint density at radius 2 is 1.48 bits per heavy atom. The highest BCUT2D eigenvalue weighted by Crippen LogP contribution is 2.27. The van der Waals surface area contributed by atoms with Crippen LogP contribution in [-0.4, -0.2) is 68.2 Å². The molecular formula is C15H23NO9. The smallest absolute Gasteiger partial charge is 0.303 e. The maximum atomic E-state index is 11.5. The highest BCUT2D eigenvalue weighted by atomic mass is 16.7. The second-order valence-electron chi connectivity index (χ2n) is 5.46. The van der Waals surface area contributed by atoms with Crippen LogP contribution in [0.1, 0.15) is 27.7 Å². The molecule has 10 heteroatoms. The summed E-state index contributed by atoms with van der Waals surface area (Å²) in [6.45, 7) is 4.57. The molecule has 1 heterocycles. The molecule has 25 heavy (non-hydrogen) atoms. The highest BCUT2D eigenvalue weighted by Gasteiger charge is 2.50. The van der Waals surface area contributed by atoms with Crippen LogP contribution in [0, 0.1) is 0 Å². The molecule has 142 valence electrons. The van der Waals surface area contributed by atoms with Crippen LogP contribution in [0.4, 0.5) is 0 Å². The van der Waals surface area contributed by atoms with E-state index in [1.807, 2.05) is 0 Å². The minimum absolute atomic E-state index is 0.252. The molecule has 1 amide bonds. The number of nitrogens with one attached hydrogen (secondary N) is 1. The Morgan fingerprint density at radius 3 is 1.92 bits per heavy atom. The van der Waals surface area contributed by atoms with Crippen LogP contribution in [0.5, 0.6) is 0 Å². The maximum absolute atomic E-state index is 11.5. The molecule has 0 radical (unpaired) electrons. The molecule has 5 atom stereocenters. The van der Waals surface area contributed by atoms with E-state index in [9.17, 15) is 19.2 Å². The number of methoxy groups -OCH3 is 1. The Hall–Kier alpha value is -2.20. The molecule has 1 N–H and O–H groups in total. The van der Waals surface area contributed by atoms with Crippen LogP contribution < -0.4 is 5.32 Å². The number of carbonyl (C=O) groups excluding carboxylic acids is 4. The fourth-order valence-corrected chi connectivity index (χ4v) is 2.49. The van der Waals surface area contributed by atoms with E-state index in [1.54, 1.807) is 0 Å². The van der Waals surface area contributed by atoms with Gasteiger partial charge in [0.05, 0.1) is 0 Å². The van der Waals surface area contributed by atoms with Crippen molar-refractivity contribution < 1.29 is 42.9 Å². The fourth-order valence-electron chi connectivity index (χ4n) is 2.49. The van der Waals surface area contributed by atoms with E-state index in [4.69, 9.17) is 23.7 Å². The number of hydrogen-bond donors (Lipinski definition) is 1. The van der Waals surface area contributed by atoms with E-state index < -0.39 is 54.5 Å². The molecule has 1 rings (SSSR count). The Balaban J connectivity index is 3.18. The highest BCUT2D eigenvalue weighted by molar-refractivity contribution is 5.73. The number of carbonyl (C=O) groups is 4. The van der Waals surface area contributed by atoms with Gasteiger partial charge in [0.15, 0.2) is 18.5 Å². The van der Waals surface area contributed by atoms with E-state index in [2.05, 4.69) is 5.32 Å². The molecule has 1 saturated heterocycles. The van der Waals surface area contributed by atoms with E-state index >= 15 is 0 Å². The van der Waals surface area contributed by atoms with Crippen LogP contribution >= 0.6 is 0 Å². The Morgan fingerprint density at radius 1 is 0.920 bits per heavy atom. The molecule has 1 fully saturated rings. The van der Waals surface area contributed by atoms with Crippen LogP contribution in [0.2, 0.25) is 0 Å². The molecule has 0 saturated carbocycles. The lowest BCUT2D eigenvalue weighted by molar-refractivity contribution is -0.271. The van der Waals surface area contributed by atoms with Gasteiger partial charge in [0.2, 0.25) is 5.91 Å². The summed E-state index contributed by atoms with van der Waals surface area (Å²) in [5.74, 6) is -2.29. The molecule has 0 aliphatic carbocycles. The van der Waals surface area contributed by atoms with Gasteiger partial charge in [0.1, 0.15) is 18.8 Å². The zero-order valence-electron chi connectivity index (χ0n) is 14.8. The summed E-state index contributed by atoms with van der Waals surface area (Å²) >= 11 is 0. The van der Waals surface area contributed by atoms with Crippen molar-refractivity contribution in [2.45, 2.75) is 58.3 Å². The third-order valence-electron chi connectivity index (χ3n) is 3.30. The molecular weight excluding hydrogens is 338 g/mol. The molecule has 1 aliphatic heterocycles. The standard InChI is InChI=1S/C15H23NO9/c1-7(17)16-12-14(24-10(4)20)13(23-9(3)19)11(6-22-8(2)18)25-15(12)21-5/h11-15H,6H2,1-5H3,(H,16,17)/t11-,12+,13-,14+,15-/m1/s1. The van der Waals surface area contributed by atoms with Crippen LogP contribution in [0.15, 0.2) is 0 Å². The van der Waals surface area contributed by atoms with Crippen molar-refractivity contribution in [2.75, 3.05) is 13.7 Å². The van der Waals surface area contributed by atoms with E-state index in [-0.39, 0.29) is 6.61 Å². The summed E-state index contributed by atoms with van der Waals surface area (Å²) in [4.78, 5) is 45.5. The molecule has 1 aliphatic rings. The van der Waals surface area contributed by atoms with Gasteiger partial charge in [-0.3, -0.25) is 19.2 Å². The van der Waals surface area contributed by atoms with Crippen molar-refractivity contribution in [1.82, 2.24) is 5.32 Å². The first-order valence-corrected chi connectivity index (χ1v) is 7.58. The number of hydrogen-bond acceptors (Lipinski definition) is 9. The van der Waals surface area contributed by atoms with Gasteiger partial charge in [0.25, 0.3) is 0 Å². The van der Waals surface area contributed by atoms with Crippen molar-refractivity contribution in [3.05, 3.63) is 0 Å². The van der Waals surface area contributed by atoms with Crippen molar-refractivity contribution >= 4 is 23.8 Å². The minimum atomic E-state index is -1.11. The largest absolute Gasteiger partial charge is 0.463 e. The van der Waals surface area contributed by atoms with Crippen molar-refractivity contribution in [3.8, 4) is 0 Å². The summed E-state index contributed by atoms with van der Waals surface area (Å²) in [5.41, 5.74) is 0. The molecule has 0 aromatic heterocycles. The Kier molecular flexibility index (Phi) is 7.78. The molecule has 10 nitrogen and oxygen atoms in total. The summed E-state index contributed by atoms with van der Waals surface area (Å²) in [7, 11) is 1.33. The lowest BCUT2D eigenvalue weighted by Crippen LogP contribution is -2.66. The first kappa shape index (κ1) is 20.8. The van der Waals surface area contributed by atoms with E-state index in [1.165, 1.54) is 34.8 Å². The van der Waals surface area contributed by atoms with Gasteiger partial charge < -0.3 is 29.0 Å². The molecule has 0 aromatic carbocycles. The zero-order chi connectivity index (χ0) is 19.1. The van der Waals surface area contributed by atoms with Gasteiger partial charge in [-0.2, -0.15) is 0 Å². The number of esters is 3. The predicted molar refractivity (Wildman–Crippen MR) is 81.0 cm³/mol. The van der Waals surface area contributed by atoms with Crippen LogP contribution in [0.3, 0.4) is 0 Å². The zero-order valence-corrected chi connectivity index (χ0v) is 14.8. The number of rotatable bonds is 6.